The Morgan fingerprint density at radius 2 is 2.17 bits per heavy atom. The van der Waals surface area contributed by atoms with E-state index in [1.165, 1.54) is 18.6 Å². The number of benzene rings is 1. The lowest BCUT2D eigenvalue weighted by molar-refractivity contribution is -0.117. The van der Waals surface area contributed by atoms with E-state index in [4.69, 9.17) is 0 Å². The Labute approximate surface area is 113 Å². The normalized spacial score (nSPS) is 21.3. The van der Waals surface area contributed by atoms with Gasteiger partial charge in [0.2, 0.25) is 5.91 Å². The molecule has 0 radical (unpaired) electrons. The lowest BCUT2D eigenvalue weighted by Crippen LogP contribution is -2.45. The van der Waals surface area contributed by atoms with Crippen molar-refractivity contribution in [2.75, 3.05) is 16.8 Å². The maximum absolute atomic E-state index is 12.0. The van der Waals surface area contributed by atoms with Gasteiger partial charge in [0.25, 0.3) is 0 Å². The molecule has 2 atom stereocenters. The number of nitrogens with one attached hydrogen (secondary N) is 2. The van der Waals surface area contributed by atoms with Crippen LogP contribution < -0.4 is 10.6 Å². The van der Waals surface area contributed by atoms with Crippen LogP contribution in [0.2, 0.25) is 0 Å². The predicted molar refractivity (Wildman–Crippen MR) is 78.0 cm³/mol. The maximum Gasteiger partial charge on any atom is 0.241 e. The molecule has 1 aromatic rings. The zero-order valence-electron chi connectivity index (χ0n) is 10.7. The van der Waals surface area contributed by atoms with Gasteiger partial charge in [-0.1, -0.05) is 18.2 Å². The maximum atomic E-state index is 12.0. The molecule has 2 rings (SSSR count). The number of carbonyl (C=O) groups excluding carboxylic acids is 1. The van der Waals surface area contributed by atoms with Crippen LogP contribution in [0.25, 0.3) is 0 Å². The Morgan fingerprint density at radius 3 is 2.83 bits per heavy atom. The first-order chi connectivity index (χ1) is 8.75. The van der Waals surface area contributed by atoms with E-state index in [1.54, 1.807) is 0 Å². The van der Waals surface area contributed by atoms with Crippen molar-refractivity contribution in [3.05, 3.63) is 30.3 Å². The van der Waals surface area contributed by atoms with Crippen LogP contribution in [0.1, 0.15) is 19.8 Å². The fourth-order valence-electron chi connectivity index (χ4n) is 2.07. The summed E-state index contributed by atoms with van der Waals surface area (Å²) >= 11 is 1.97. The van der Waals surface area contributed by atoms with Crippen LogP contribution in [0.4, 0.5) is 5.69 Å². The van der Waals surface area contributed by atoms with Gasteiger partial charge in [-0.3, -0.25) is 4.79 Å². The number of thioether (sulfide) groups is 1. The standard InChI is InChI=1S/C14H20N2OS/c1-11(15-13-8-5-9-18-10-13)14(17)16-12-6-3-2-4-7-12/h2-4,6-7,11,13,15H,5,8-10H2,1H3,(H,16,17)/t11-,13+/m1/s1. The second-order valence-corrected chi connectivity index (χ2v) is 5.81. The van der Waals surface area contributed by atoms with Gasteiger partial charge >= 0.3 is 0 Å². The highest BCUT2D eigenvalue weighted by atomic mass is 32.2. The van der Waals surface area contributed by atoms with Crippen molar-refractivity contribution in [2.45, 2.75) is 31.8 Å². The van der Waals surface area contributed by atoms with Gasteiger partial charge in [-0.2, -0.15) is 11.8 Å². The van der Waals surface area contributed by atoms with Gasteiger partial charge in [0.05, 0.1) is 6.04 Å². The highest BCUT2D eigenvalue weighted by Gasteiger charge is 2.19. The highest BCUT2D eigenvalue weighted by molar-refractivity contribution is 7.99. The third kappa shape index (κ3) is 4.03. The SMILES string of the molecule is C[C@@H](N[C@H]1CCCSC1)C(=O)Nc1ccccc1. The van der Waals surface area contributed by atoms with E-state index >= 15 is 0 Å². The third-order valence-corrected chi connectivity index (χ3v) is 4.30. The zero-order chi connectivity index (χ0) is 12.8. The molecule has 98 valence electrons. The molecule has 18 heavy (non-hydrogen) atoms. The van der Waals surface area contributed by atoms with Crippen LogP contribution in [0.3, 0.4) is 0 Å². The minimum absolute atomic E-state index is 0.0387. The van der Waals surface area contributed by atoms with Gasteiger partial charge in [0.1, 0.15) is 0 Å². The molecule has 0 aromatic heterocycles. The van der Waals surface area contributed by atoms with Gasteiger partial charge in [-0.25, -0.2) is 0 Å². The summed E-state index contributed by atoms with van der Waals surface area (Å²) in [6, 6.07) is 9.92. The summed E-state index contributed by atoms with van der Waals surface area (Å²) in [4.78, 5) is 12.0. The molecular weight excluding hydrogens is 244 g/mol. The Morgan fingerprint density at radius 1 is 1.39 bits per heavy atom. The Balaban J connectivity index is 1.81. The number of hydrogen-bond donors (Lipinski definition) is 2. The average molecular weight is 264 g/mol. The molecule has 1 amide bonds. The summed E-state index contributed by atoms with van der Waals surface area (Å²) in [5.41, 5.74) is 0.856. The molecule has 0 unspecified atom stereocenters. The monoisotopic (exact) mass is 264 g/mol. The van der Waals surface area contributed by atoms with E-state index in [-0.39, 0.29) is 11.9 Å². The lowest BCUT2D eigenvalue weighted by Gasteiger charge is -2.25. The van der Waals surface area contributed by atoms with Crippen molar-refractivity contribution in [1.29, 1.82) is 0 Å². The van der Waals surface area contributed by atoms with Crippen molar-refractivity contribution >= 4 is 23.4 Å². The van der Waals surface area contributed by atoms with Crippen LogP contribution in [0.5, 0.6) is 0 Å². The van der Waals surface area contributed by atoms with Gasteiger partial charge in [-0.15, -0.1) is 0 Å². The molecule has 0 aliphatic carbocycles. The fraction of sp³-hybridized carbons (Fsp3) is 0.500. The molecule has 0 bridgehead atoms. The van der Waals surface area contributed by atoms with Crippen molar-refractivity contribution < 1.29 is 4.79 Å². The zero-order valence-corrected chi connectivity index (χ0v) is 11.5. The van der Waals surface area contributed by atoms with Gasteiger partial charge in [0, 0.05) is 17.5 Å². The molecule has 2 N–H and O–H groups in total. The van der Waals surface area contributed by atoms with E-state index in [2.05, 4.69) is 10.6 Å². The first-order valence-electron chi connectivity index (χ1n) is 6.45. The number of carbonyl (C=O) groups is 1. The van der Waals surface area contributed by atoms with Gasteiger partial charge < -0.3 is 10.6 Å². The van der Waals surface area contributed by atoms with E-state index in [9.17, 15) is 4.79 Å². The van der Waals surface area contributed by atoms with E-state index in [0.29, 0.717) is 6.04 Å². The first-order valence-corrected chi connectivity index (χ1v) is 7.61. The molecule has 1 aliphatic rings. The molecule has 3 nitrogen and oxygen atoms in total. The van der Waals surface area contributed by atoms with Crippen molar-refractivity contribution in [3.8, 4) is 0 Å². The lowest BCUT2D eigenvalue weighted by atomic mass is 10.1. The molecule has 1 fully saturated rings. The van der Waals surface area contributed by atoms with Crippen LogP contribution in [0, 0.1) is 0 Å². The summed E-state index contributed by atoms with van der Waals surface area (Å²) in [5.74, 6) is 2.41. The highest BCUT2D eigenvalue weighted by Crippen LogP contribution is 2.17. The van der Waals surface area contributed by atoms with Crippen LogP contribution in [-0.4, -0.2) is 29.5 Å². The first kappa shape index (κ1) is 13.4. The van der Waals surface area contributed by atoms with Gasteiger partial charge in [0.15, 0.2) is 0 Å². The Bertz CT molecular complexity index is 377. The Hall–Kier alpha value is -1.00. The second kappa shape index (κ2) is 6.81. The van der Waals surface area contributed by atoms with Crippen LogP contribution >= 0.6 is 11.8 Å². The number of amides is 1. The molecule has 1 aromatic carbocycles. The molecule has 0 saturated carbocycles. The third-order valence-electron chi connectivity index (χ3n) is 3.08. The summed E-state index contributed by atoms with van der Waals surface area (Å²) < 4.78 is 0. The molecule has 1 heterocycles. The predicted octanol–water partition coefficient (Wildman–Crippen LogP) is 2.50. The summed E-state index contributed by atoms with van der Waals surface area (Å²) in [6.45, 7) is 1.93. The molecule has 1 saturated heterocycles. The number of para-hydroxylation sites is 1. The van der Waals surface area contributed by atoms with E-state index in [0.717, 1.165) is 11.4 Å². The summed E-state index contributed by atoms with van der Waals surface area (Å²) in [6.07, 6.45) is 2.42. The van der Waals surface area contributed by atoms with Crippen molar-refractivity contribution in [2.24, 2.45) is 0 Å². The fourth-order valence-corrected chi connectivity index (χ4v) is 3.16. The van der Waals surface area contributed by atoms with Crippen LogP contribution in [-0.2, 0) is 4.79 Å². The minimum atomic E-state index is -0.145. The minimum Gasteiger partial charge on any atom is -0.325 e. The second-order valence-electron chi connectivity index (χ2n) is 4.66. The molecule has 1 aliphatic heterocycles. The summed E-state index contributed by atoms with van der Waals surface area (Å²) in [7, 11) is 0. The molecular formula is C14H20N2OS. The average Bonchev–Trinajstić information content (AvgIpc) is 2.41. The number of rotatable bonds is 4. The summed E-state index contributed by atoms with van der Waals surface area (Å²) in [5, 5.41) is 6.33. The van der Waals surface area contributed by atoms with E-state index in [1.807, 2.05) is 49.0 Å². The largest absolute Gasteiger partial charge is 0.325 e. The molecule has 4 heteroatoms. The smallest absolute Gasteiger partial charge is 0.241 e. The van der Waals surface area contributed by atoms with E-state index < -0.39 is 0 Å². The Kier molecular flexibility index (Phi) is 5.08. The van der Waals surface area contributed by atoms with Gasteiger partial charge in [-0.05, 0) is 37.7 Å². The number of anilines is 1. The van der Waals surface area contributed by atoms with Crippen molar-refractivity contribution in [1.82, 2.24) is 5.32 Å². The van der Waals surface area contributed by atoms with Crippen LogP contribution in [0.15, 0.2) is 30.3 Å². The topological polar surface area (TPSA) is 41.1 Å². The van der Waals surface area contributed by atoms with Crippen molar-refractivity contribution in [3.63, 3.8) is 0 Å². The molecule has 0 spiro atoms. The quantitative estimate of drug-likeness (QED) is 0.878. The number of hydrogen-bond acceptors (Lipinski definition) is 3.